The van der Waals surface area contributed by atoms with Crippen LogP contribution >= 0.6 is 11.3 Å². The van der Waals surface area contributed by atoms with Crippen molar-refractivity contribution in [1.82, 2.24) is 4.98 Å². The lowest BCUT2D eigenvalue weighted by Gasteiger charge is -2.08. The SMILES string of the molecule is CCCCC(=O)Nc1cccc(-c2csc(Nc3ccccc3OC)n2)c1. The third-order valence-electron chi connectivity index (χ3n) is 4.05. The van der Waals surface area contributed by atoms with Crippen LogP contribution in [0.3, 0.4) is 0 Å². The molecule has 1 aromatic heterocycles. The average Bonchev–Trinajstić information content (AvgIpc) is 3.15. The van der Waals surface area contributed by atoms with Gasteiger partial charge in [-0.1, -0.05) is 37.6 Å². The third-order valence-corrected chi connectivity index (χ3v) is 4.81. The summed E-state index contributed by atoms with van der Waals surface area (Å²) in [6.07, 6.45) is 2.45. The first-order valence-electron chi connectivity index (χ1n) is 8.95. The lowest BCUT2D eigenvalue weighted by Crippen LogP contribution is -2.10. The Morgan fingerprint density at radius 1 is 1.19 bits per heavy atom. The summed E-state index contributed by atoms with van der Waals surface area (Å²) in [5.41, 5.74) is 3.49. The van der Waals surface area contributed by atoms with Gasteiger partial charge in [0.1, 0.15) is 5.75 Å². The first-order valence-corrected chi connectivity index (χ1v) is 9.83. The number of carbonyl (C=O) groups is 1. The van der Waals surface area contributed by atoms with E-state index in [9.17, 15) is 4.79 Å². The molecule has 2 aromatic carbocycles. The molecule has 0 aliphatic rings. The quantitative estimate of drug-likeness (QED) is 0.526. The molecule has 0 aliphatic heterocycles. The topological polar surface area (TPSA) is 63.2 Å². The molecule has 3 aromatic rings. The smallest absolute Gasteiger partial charge is 0.224 e. The number of thiazole rings is 1. The normalized spacial score (nSPS) is 10.4. The van der Waals surface area contributed by atoms with E-state index >= 15 is 0 Å². The van der Waals surface area contributed by atoms with Gasteiger partial charge in [0, 0.05) is 23.1 Å². The summed E-state index contributed by atoms with van der Waals surface area (Å²) in [5, 5.41) is 9.03. The van der Waals surface area contributed by atoms with E-state index in [1.165, 1.54) is 11.3 Å². The van der Waals surface area contributed by atoms with Crippen LogP contribution in [-0.4, -0.2) is 18.0 Å². The van der Waals surface area contributed by atoms with Crippen LogP contribution in [0.4, 0.5) is 16.5 Å². The Labute approximate surface area is 163 Å². The highest BCUT2D eigenvalue weighted by atomic mass is 32.1. The Morgan fingerprint density at radius 2 is 2.04 bits per heavy atom. The molecule has 0 fully saturated rings. The molecule has 0 saturated carbocycles. The predicted octanol–water partition coefficient (Wildman–Crippen LogP) is 5.69. The number of carbonyl (C=O) groups excluding carboxylic acids is 1. The summed E-state index contributed by atoms with van der Waals surface area (Å²) in [7, 11) is 1.65. The summed E-state index contributed by atoms with van der Waals surface area (Å²) in [6, 6.07) is 15.5. The summed E-state index contributed by atoms with van der Waals surface area (Å²) in [5.74, 6) is 0.817. The minimum absolute atomic E-state index is 0.0470. The molecule has 1 amide bonds. The molecule has 0 saturated heterocycles. The number of unbranched alkanes of at least 4 members (excludes halogenated alkanes) is 1. The molecular formula is C21H23N3O2S. The number of nitrogens with zero attached hydrogens (tertiary/aromatic N) is 1. The molecule has 0 spiro atoms. The Bertz CT molecular complexity index is 908. The standard InChI is InChI=1S/C21H23N3O2S/c1-3-4-12-20(25)22-16-9-7-8-15(13-16)18-14-27-21(24-18)23-17-10-5-6-11-19(17)26-2/h5-11,13-14H,3-4,12H2,1-2H3,(H,22,25)(H,23,24). The molecule has 0 atom stereocenters. The van der Waals surface area contributed by atoms with E-state index in [4.69, 9.17) is 4.74 Å². The number of amides is 1. The predicted molar refractivity (Wildman–Crippen MR) is 112 cm³/mol. The lowest BCUT2D eigenvalue weighted by atomic mass is 10.1. The maximum absolute atomic E-state index is 11.9. The largest absolute Gasteiger partial charge is 0.495 e. The Balaban J connectivity index is 1.72. The van der Waals surface area contributed by atoms with Gasteiger partial charge in [-0.3, -0.25) is 4.79 Å². The van der Waals surface area contributed by atoms with Gasteiger partial charge in [0.15, 0.2) is 5.13 Å². The maximum Gasteiger partial charge on any atom is 0.224 e. The number of aromatic nitrogens is 1. The van der Waals surface area contributed by atoms with Crippen LogP contribution in [-0.2, 0) is 4.79 Å². The van der Waals surface area contributed by atoms with Crippen LogP contribution in [0, 0.1) is 0 Å². The second-order valence-corrected chi connectivity index (χ2v) is 6.95. The fourth-order valence-electron chi connectivity index (χ4n) is 2.64. The van der Waals surface area contributed by atoms with E-state index in [1.54, 1.807) is 7.11 Å². The zero-order chi connectivity index (χ0) is 19.1. The zero-order valence-corrected chi connectivity index (χ0v) is 16.3. The molecule has 3 rings (SSSR count). The summed E-state index contributed by atoms with van der Waals surface area (Å²) >= 11 is 1.52. The Kier molecular flexibility index (Phi) is 6.44. The molecule has 0 unspecified atom stereocenters. The number of hydrogen-bond donors (Lipinski definition) is 2. The number of para-hydroxylation sites is 2. The molecular weight excluding hydrogens is 358 g/mol. The van der Waals surface area contributed by atoms with E-state index in [0.717, 1.165) is 46.4 Å². The van der Waals surface area contributed by atoms with Gasteiger partial charge in [0.2, 0.25) is 5.91 Å². The lowest BCUT2D eigenvalue weighted by molar-refractivity contribution is -0.116. The highest BCUT2D eigenvalue weighted by Gasteiger charge is 2.09. The van der Waals surface area contributed by atoms with Gasteiger partial charge in [0.05, 0.1) is 18.5 Å². The molecule has 0 radical (unpaired) electrons. The van der Waals surface area contributed by atoms with E-state index in [2.05, 4.69) is 22.5 Å². The number of nitrogens with one attached hydrogen (secondary N) is 2. The Hall–Kier alpha value is -2.86. The highest BCUT2D eigenvalue weighted by Crippen LogP contribution is 2.31. The van der Waals surface area contributed by atoms with Gasteiger partial charge in [-0.15, -0.1) is 11.3 Å². The van der Waals surface area contributed by atoms with Crippen LogP contribution in [0.5, 0.6) is 5.75 Å². The van der Waals surface area contributed by atoms with Gasteiger partial charge in [-0.05, 0) is 30.7 Å². The van der Waals surface area contributed by atoms with E-state index in [-0.39, 0.29) is 5.91 Å². The molecule has 1 heterocycles. The van der Waals surface area contributed by atoms with Crippen LogP contribution in [0.25, 0.3) is 11.3 Å². The average molecular weight is 382 g/mol. The van der Waals surface area contributed by atoms with Crippen molar-refractivity contribution in [2.45, 2.75) is 26.2 Å². The van der Waals surface area contributed by atoms with Crippen LogP contribution in [0.1, 0.15) is 26.2 Å². The van der Waals surface area contributed by atoms with Crippen molar-refractivity contribution in [3.8, 4) is 17.0 Å². The number of ether oxygens (including phenoxy) is 1. The van der Waals surface area contributed by atoms with Crippen LogP contribution in [0.15, 0.2) is 53.9 Å². The fourth-order valence-corrected chi connectivity index (χ4v) is 3.38. The minimum Gasteiger partial charge on any atom is -0.495 e. The second-order valence-electron chi connectivity index (χ2n) is 6.10. The van der Waals surface area contributed by atoms with Crippen molar-refractivity contribution >= 4 is 33.8 Å². The third kappa shape index (κ3) is 5.08. The molecule has 2 N–H and O–H groups in total. The first kappa shape index (κ1) is 18.9. The van der Waals surface area contributed by atoms with Gasteiger partial charge in [-0.2, -0.15) is 0 Å². The summed E-state index contributed by atoms with van der Waals surface area (Å²) in [6.45, 7) is 2.08. The molecule has 140 valence electrons. The van der Waals surface area contributed by atoms with Gasteiger partial charge >= 0.3 is 0 Å². The van der Waals surface area contributed by atoms with Crippen molar-refractivity contribution in [3.63, 3.8) is 0 Å². The minimum atomic E-state index is 0.0470. The van der Waals surface area contributed by atoms with Crippen molar-refractivity contribution in [3.05, 3.63) is 53.9 Å². The number of hydrogen-bond acceptors (Lipinski definition) is 5. The first-order chi connectivity index (χ1) is 13.2. The van der Waals surface area contributed by atoms with Crippen LogP contribution < -0.4 is 15.4 Å². The summed E-state index contributed by atoms with van der Waals surface area (Å²) < 4.78 is 5.36. The molecule has 0 aliphatic carbocycles. The van der Waals surface area contributed by atoms with Gasteiger partial charge < -0.3 is 15.4 Å². The van der Waals surface area contributed by atoms with E-state index < -0.39 is 0 Å². The summed E-state index contributed by atoms with van der Waals surface area (Å²) in [4.78, 5) is 16.6. The number of anilines is 3. The number of benzene rings is 2. The highest BCUT2D eigenvalue weighted by molar-refractivity contribution is 7.14. The zero-order valence-electron chi connectivity index (χ0n) is 15.5. The number of rotatable bonds is 8. The monoisotopic (exact) mass is 381 g/mol. The van der Waals surface area contributed by atoms with Crippen molar-refractivity contribution in [1.29, 1.82) is 0 Å². The number of methoxy groups -OCH3 is 1. The van der Waals surface area contributed by atoms with E-state index in [0.29, 0.717) is 6.42 Å². The molecule has 27 heavy (non-hydrogen) atoms. The molecule has 6 heteroatoms. The van der Waals surface area contributed by atoms with Crippen LogP contribution in [0.2, 0.25) is 0 Å². The van der Waals surface area contributed by atoms with Crippen molar-refractivity contribution in [2.24, 2.45) is 0 Å². The van der Waals surface area contributed by atoms with E-state index in [1.807, 2.05) is 53.9 Å². The maximum atomic E-state index is 11.9. The molecule has 5 nitrogen and oxygen atoms in total. The fraction of sp³-hybridized carbons (Fsp3) is 0.238. The van der Waals surface area contributed by atoms with Gasteiger partial charge in [0.25, 0.3) is 0 Å². The van der Waals surface area contributed by atoms with Gasteiger partial charge in [-0.25, -0.2) is 4.98 Å². The second kappa shape index (κ2) is 9.19. The van der Waals surface area contributed by atoms with Crippen molar-refractivity contribution in [2.75, 3.05) is 17.7 Å². The van der Waals surface area contributed by atoms with Crippen molar-refractivity contribution < 1.29 is 9.53 Å². The molecule has 0 bridgehead atoms. The Morgan fingerprint density at radius 3 is 2.85 bits per heavy atom.